The highest BCUT2D eigenvalue weighted by Crippen LogP contribution is 2.23. The lowest BCUT2D eigenvalue weighted by molar-refractivity contribution is -0.136. The lowest BCUT2D eigenvalue weighted by atomic mass is 10.1. The summed E-state index contributed by atoms with van der Waals surface area (Å²) in [6.45, 7) is 0.188. The van der Waals surface area contributed by atoms with E-state index in [1.807, 2.05) is 0 Å². The molecule has 0 fully saturated rings. The number of nitrogens with two attached hydrogens (primary N) is 1. The van der Waals surface area contributed by atoms with Crippen molar-refractivity contribution in [3.05, 3.63) is 0 Å². The Kier molecular flexibility index (Phi) is 5.20. The van der Waals surface area contributed by atoms with Gasteiger partial charge in [0, 0.05) is 6.42 Å². The Balaban J connectivity index is 3.31. The fourth-order valence-electron chi connectivity index (χ4n) is 0.849. The summed E-state index contributed by atoms with van der Waals surface area (Å²) in [6.07, 6.45) is -6.29. The van der Waals surface area contributed by atoms with E-state index >= 15 is 0 Å². The summed E-state index contributed by atoms with van der Waals surface area (Å²) in [6, 6.07) is 0. The van der Waals surface area contributed by atoms with Crippen LogP contribution in [0.25, 0.3) is 0 Å². The molecule has 2 N–H and O–H groups in total. The molecule has 1 unspecified atom stereocenters. The Bertz CT molecular complexity index is 112. The molecule has 0 aliphatic heterocycles. The predicted molar refractivity (Wildman–Crippen MR) is 38.5 cm³/mol. The van der Waals surface area contributed by atoms with E-state index in [-0.39, 0.29) is 25.8 Å². The van der Waals surface area contributed by atoms with Crippen molar-refractivity contribution in [2.45, 2.75) is 38.0 Å². The van der Waals surface area contributed by atoms with Gasteiger partial charge in [-0.15, -0.1) is 0 Å². The first-order valence-corrected chi connectivity index (χ1v) is 3.86. The molecule has 0 aliphatic carbocycles. The molecule has 74 valence electrons. The molecule has 12 heavy (non-hydrogen) atoms. The molecule has 0 aromatic rings. The average Bonchev–Trinajstić information content (AvgIpc) is 1.84. The second-order valence-corrected chi connectivity index (χ2v) is 2.68. The highest BCUT2D eigenvalue weighted by atomic mass is 19.4. The van der Waals surface area contributed by atoms with E-state index < -0.39 is 18.8 Å². The summed E-state index contributed by atoms with van der Waals surface area (Å²) >= 11 is 0. The quantitative estimate of drug-likeness (QED) is 0.657. The zero-order valence-electron chi connectivity index (χ0n) is 6.70. The van der Waals surface area contributed by atoms with Crippen molar-refractivity contribution >= 4 is 0 Å². The molecule has 0 bridgehead atoms. The van der Waals surface area contributed by atoms with Crippen LogP contribution in [0, 0.1) is 0 Å². The van der Waals surface area contributed by atoms with Gasteiger partial charge in [-0.1, -0.05) is 0 Å². The van der Waals surface area contributed by atoms with Gasteiger partial charge >= 0.3 is 6.18 Å². The number of rotatable bonds is 5. The van der Waals surface area contributed by atoms with E-state index in [0.29, 0.717) is 0 Å². The molecule has 1 atom stereocenters. The van der Waals surface area contributed by atoms with E-state index in [2.05, 4.69) is 0 Å². The van der Waals surface area contributed by atoms with Crippen LogP contribution in [0.1, 0.15) is 25.7 Å². The SMILES string of the molecule is NCCC(F)CCCC(F)(F)F. The third-order valence-corrected chi connectivity index (χ3v) is 1.46. The first-order valence-electron chi connectivity index (χ1n) is 3.86. The van der Waals surface area contributed by atoms with Crippen LogP contribution in [0.15, 0.2) is 0 Å². The van der Waals surface area contributed by atoms with Crippen molar-refractivity contribution in [2.24, 2.45) is 5.73 Å². The molecule has 0 radical (unpaired) electrons. The van der Waals surface area contributed by atoms with Gasteiger partial charge in [0.25, 0.3) is 0 Å². The van der Waals surface area contributed by atoms with Crippen LogP contribution in [0.4, 0.5) is 17.6 Å². The zero-order valence-corrected chi connectivity index (χ0v) is 6.70. The maximum atomic E-state index is 12.5. The number of halogens is 4. The monoisotopic (exact) mass is 187 g/mol. The van der Waals surface area contributed by atoms with Gasteiger partial charge in [-0.3, -0.25) is 0 Å². The van der Waals surface area contributed by atoms with Gasteiger partial charge in [0.05, 0.1) is 0 Å². The van der Waals surface area contributed by atoms with Crippen molar-refractivity contribution in [2.75, 3.05) is 6.54 Å². The molecular formula is C7H13F4N. The molecule has 0 aromatic heterocycles. The Morgan fingerprint density at radius 2 is 1.75 bits per heavy atom. The van der Waals surface area contributed by atoms with E-state index in [4.69, 9.17) is 5.73 Å². The average molecular weight is 187 g/mol. The van der Waals surface area contributed by atoms with Gasteiger partial charge in [-0.25, -0.2) is 4.39 Å². The predicted octanol–water partition coefficient (Wildman–Crippen LogP) is 2.41. The molecular weight excluding hydrogens is 174 g/mol. The van der Waals surface area contributed by atoms with Crippen molar-refractivity contribution in [3.8, 4) is 0 Å². The van der Waals surface area contributed by atoms with Gasteiger partial charge in [0.15, 0.2) is 0 Å². The van der Waals surface area contributed by atoms with Crippen molar-refractivity contribution in [3.63, 3.8) is 0 Å². The lowest BCUT2D eigenvalue weighted by Gasteiger charge is -2.08. The molecule has 0 rings (SSSR count). The molecule has 0 amide bonds. The molecule has 0 saturated heterocycles. The molecule has 0 saturated carbocycles. The van der Waals surface area contributed by atoms with Crippen LogP contribution in [0.2, 0.25) is 0 Å². The van der Waals surface area contributed by atoms with E-state index in [1.54, 1.807) is 0 Å². The summed E-state index contributed by atoms with van der Waals surface area (Å²) in [5.41, 5.74) is 5.02. The number of hydrogen-bond acceptors (Lipinski definition) is 1. The number of alkyl halides is 4. The highest BCUT2D eigenvalue weighted by molar-refractivity contribution is 4.59. The molecule has 0 heterocycles. The maximum absolute atomic E-state index is 12.5. The van der Waals surface area contributed by atoms with Gasteiger partial charge in [-0.05, 0) is 25.8 Å². The second kappa shape index (κ2) is 5.35. The smallest absolute Gasteiger partial charge is 0.330 e. The molecule has 0 spiro atoms. The van der Waals surface area contributed by atoms with E-state index in [1.165, 1.54) is 0 Å². The van der Waals surface area contributed by atoms with Crippen molar-refractivity contribution < 1.29 is 17.6 Å². The van der Waals surface area contributed by atoms with Crippen LogP contribution in [0.3, 0.4) is 0 Å². The second-order valence-electron chi connectivity index (χ2n) is 2.68. The van der Waals surface area contributed by atoms with Gasteiger partial charge in [0.2, 0.25) is 0 Å². The van der Waals surface area contributed by atoms with Gasteiger partial charge < -0.3 is 5.73 Å². The van der Waals surface area contributed by atoms with Crippen LogP contribution < -0.4 is 5.73 Å². The van der Waals surface area contributed by atoms with Crippen LogP contribution >= 0.6 is 0 Å². The minimum absolute atomic E-state index is 0.0449. The van der Waals surface area contributed by atoms with E-state index in [0.717, 1.165) is 0 Å². The summed E-state index contributed by atoms with van der Waals surface area (Å²) in [7, 11) is 0. The summed E-state index contributed by atoms with van der Waals surface area (Å²) in [5, 5.41) is 0. The third-order valence-electron chi connectivity index (χ3n) is 1.46. The van der Waals surface area contributed by atoms with Crippen molar-refractivity contribution in [1.82, 2.24) is 0 Å². The Hall–Kier alpha value is -0.320. The van der Waals surface area contributed by atoms with Crippen LogP contribution in [-0.2, 0) is 0 Å². The fraction of sp³-hybridized carbons (Fsp3) is 1.00. The first-order chi connectivity index (χ1) is 5.45. The minimum atomic E-state index is -4.16. The third kappa shape index (κ3) is 7.78. The minimum Gasteiger partial charge on any atom is -0.330 e. The van der Waals surface area contributed by atoms with Gasteiger partial charge in [-0.2, -0.15) is 13.2 Å². The molecule has 5 heteroatoms. The summed E-state index contributed by atoms with van der Waals surface area (Å²) < 4.78 is 47.2. The molecule has 0 aliphatic rings. The van der Waals surface area contributed by atoms with Crippen molar-refractivity contribution in [1.29, 1.82) is 0 Å². The van der Waals surface area contributed by atoms with E-state index in [9.17, 15) is 17.6 Å². The Labute approximate surface area is 68.9 Å². The van der Waals surface area contributed by atoms with Crippen LogP contribution in [-0.4, -0.2) is 18.9 Å². The lowest BCUT2D eigenvalue weighted by Crippen LogP contribution is -2.12. The largest absolute Gasteiger partial charge is 0.389 e. The molecule has 0 aromatic carbocycles. The standard InChI is InChI=1S/C7H13F4N/c8-6(3-5-12)2-1-4-7(9,10)11/h6H,1-5,12H2. The summed E-state index contributed by atoms with van der Waals surface area (Å²) in [5.74, 6) is 0. The maximum Gasteiger partial charge on any atom is 0.389 e. The normalized spacial score (nSPS) is 14.8. The Morgan fingerprint density at radius 1 is 1.17 bits per heavy atom. The van der Waals surface area contributed by atoms with Gasteiger partial charge in [0.1, 0.15) is 6.17 Å². The Morgan fingerprint density at radius 3 is 2.17 bits per heavy atom. The van der Waals surface area contributed by atoms with Crippen LogP contribution in [0.5, 0.6) is 0 Å². The summed E-state index contributed by atoms with van der Waals surface area (Å²) in [4.78, 5) is 0. The molecule has 1 nitrogen and oxygen atoms in total. The number of hydrogen-bond donors (Lipinski definition) is 1. The first kappa shape index (κ1) is 11.7. The topological polar surface area (TPSA) is 26.0 Å². The zero-order chi connectivity index (χ0) is 9.61. The highest BCUT2D eigenvalue weighted by Gasteiger charge is 2.26. The fourth-order valence-corrected chi connectivity index (χ4v) is 0.849.